The maximum absolute atomic E-state index is 12.2. The first-order chi connectivity index (χ1) is 12.0. The molecule has 0 aromatic heterocycles. The van der Waals surface area contributed by atoms with Gasteiger partial charge in [-0.05, 0) is 30.3 Å². The van der Waals surface area contributed by atoms with Crippen LogP contribution < -0.4 is 9.62 Å². The van der Waals surface area contributed by atoms with Gasteiger partial charge in [-0.15, -0.1) is 0 Å². The fraction of sp³-hybridized carbons (Fsp3) is 0.368. The van der Waals surface area contributed by atoms with Gasteiger partial charge in [0.25, 0.3) is 0 Å². The second kappa shape index (κ2) is 7.99. The summed E-state index contributed by atoms with van der Waals surface area (Å²) >= 11 is 0. The molecule has 1 heterocycles. The Morgan fingerprint density at radius 2 is 1.52 bits per heavy atom. The van der Waals surface area contributed by atoms with E-state index in [9.17, 15) is 8.42 Å². The maximum Gasteiger partial charge on any atom is 0.216 e. The Labute approximate surface area is 150 Å². The summed E-state index contributed by atoms with van der Waals surface area (Å²) in [6.45, 7) is 4.51. The number of anilines is 1. The Kier molecular flexibility index (Phi) is 5.73. The second-order valence-electron chi connectivity index (χ2n) is 6.52. The van der Waals surface area contributed by atoms with E-state index in [0.29, 0.717) is 6.54 Å². The average molecular weight is 359 g/mol. The predicted molar refractivity (Wildman–Crippen MR) is 102 cm³/mol. The third-order valence-electron chi connectivity index (χ3n) is 4.50. The van der Waals surface area contributed by atoms with Crippen LogP contribution in [0.1, 0.15) is 11.1 Å². The van der Waals surface area contributed by atoms with Gasteiger partial charge in [0.15, 0.2) is 0 Å². The maximum atomic E-state index is 12.2. The van der Waals surface area contributed by atoms with Crippen molar-refractivity contribution in [1.82, 2.24) is 9.62 Å². The van der Waals surface area contributed by atoms with Crippen molar-refractivity contribution in [3.8, 4) is 0 Å². The number of nitrogens with zero attached hydrogens (tertiary/aromatic N) is 2. The summed E-state index contributed by atoms with van der Waals surface area (Å²) < 4.78 is 27.1. The van der Waals surface area contributed by atoms with E-state index in [-0.39, 0.29) is 5.75 Å². The smallest absolute Gasteiger partial charge is 0.216 e. The molecule has 0 saturated carbocycles. The molecule has 0 atom stereocenters. The molecule has 1 aliphatic rings. The number of rotatable bonds is 6. The first kappa shape index (κ1) is 17.9. The summed E-state index contributed by atoms with van der Waals surface area (Å²) in [5.74, 6) is 0.00716. The van der Waals surface area contributed by atoms with E-state index >= 15 is 0 Å². The Hall–Kier alpha value is -1.89. The van der Waals surface area contributed by atoms with Crippen molar-refractivity contribution in [3.05, 3.63) is 65.7 Å². The highest BCUT2D eigenvalue weighted by molar-refractivity contribution is 7.88. The van der Waals surface area contributed by atoms with Crippen LogP contribution in [0.2, 0.25) is 0 Å². The lowest BCUT2D eigenvalue weighted by Crippen LogP contribution is -2.44. The number of nitrogens with one attached hydrogen (secondary N) is 1. The molecular formula is C19H25N3O2S. The molecule has 0 spiro atoms. The number of hydrogen-bond donors (Lipinski definition) is 1. The zero-order chi connectivity index (χ0) is 17.7. The van der Waals surface area contributed by atoms with E-state index in [1.807, 2.05) is 42.5 Å². The molecule has 1 aliphatic heterocycles. The first-order valence-electron chi connectivity index (χ1n) is 8.55. The standard InChI is InChI=1S/C19H25N3O2S/c1-21-11-13-22(14-12-21)19-9-7-17(8-10-19)15-20-25(23,24)16-18-5-3-2-4-6-18/h2-10,20H,11-16H2,1H3. The predicted octanol–water partition coefficient (Wildman–Crippen LogP) is 2.06. The fourth-order valence-electron chi connectivity index (χ4n) is 2.93. The molecule has 0 unspecified atom stereocenters. The Morgan fingerprint density at radius 1 is 0.880 bits per heavy atom. The molecule has 134 valence electrons. The van der Waals surface area contributed by atoms with E-state index in [2.05, 4.69) is 33.7 Å². The topological polar surface area (TPSA) is 52.6 Å². The molecule has 3 rings (SSSR count). The molecule has 5 nitrogen and oxygen atoms in total. The highest BCUT2D eigenvalue weighted by Gasteiger charge is 2.14. The Bertz CT molecular complexity index is 768. The van der Waals surface area contributed by atoms with Crippen molar-refractivity contribution in [2.45, 2.75) is 12.3 Å². The lowest BCUT2D eigenvalue weighted by Gasteiger charge is -2.34. The number of hydrogen-bond acceptors (Lipinski definition) is 4. The average Bonchev–Trinajstić information content (AvgIpc) is 2.62. The Balaban J connectivity index is 1.54. The molecule has 1 N–H and O–H groups in total. The third-order valence-corrected chi connectivity index (χ3v) is 5.80. The van der Waals surface area contributed by atoms with Gasteiger partial charge in [0, 0.05) is 38.4 Å². The molecule has 2 aromatic rings. The number of sulfonamides is 1. The molecule has 0 amide bonds. The first-order valence-corrected chi connectivity index (χ1v) is 10.2. The summed E-state index contributed by atoms with van der Waals surface area (Å²) in [4.78, 5) is 4.69. The minimum atomic E-state index is -3.34. The summed E-state index contributed by atoms with van der Waals surface area (Å²) in [6.07, 6.45) is 0. The molecule has 0 aliphatic carbocycles. The fourth-order valence-corrected chi connectivity index (χ4v) is 4.05. The zero-order valence-electron chi connectivity index (χ0n) is 14.6. The van der Waals surface area contributed by atoms with Gasteiger partial charge in [-0.3, -0.25) is 0 Å². The van der Waals surface area contributed by atoms with Crippen molar-refractivity contribution >= 4 is 15.7 Å². The summed E-state index contributed by atoms with van der Waals surface area (Å²) in [5, 5.41) is 0. The van der Waals surface area contributed by atoms with Gasteiger partial charge in [-0.1, -0.05) is 42.5 Å². The van der Waals surface area contributed by atoms with Gasteiger partial charge in [0.2, 0.25) is 10.0 Å². The highest BCUT2D eigenvalue weighted by Crippen LogP contribution is 2.17. The van der Waals surface area contributed by atoms with Crippen molar-refractivity contribution in [2.24, 2.45) is 0 Å². The lowest BCUT2D eigenvalue weighted by atomic mass is 10.2. The minimum absolute atomic E-state index is 0.00716. The van der Waals surface area contributed by atoms with Crippen molar-refractivity contribution in [2.75, 3.05) is 38.1 Å². The molecule has 25 heavy (non-hydrogen) atoms. The van der Waals surface area contributed by atoms with Crippen molar-refractivity contribution < 1.29 is 8.42 Å². The van der Waals surface area contributed by atoms with Crippen molar-refractivity contribution in [1.29, 1.82) is 0 Å². The van der Waals surface area contributed by atoms with Crippen LogP contribution in [0.25, 0.3) is 0 Å². The van der Waals surface area contributed by atoms with Crippen LogP contribution in [-0.2, 0) is 22.3 Å². The van der Waals surface area contributed by atoms with E-state index in [0.717, 1.165) is 37.3 Å². The minimum Gasteiger partial charge on any atom is -0.369 e. The van der Waals surface area contributed by atoms with Crippen LogP contribution >= 0.6 is 0 Å². The molecule has 0 bridgehead atoms. The van der Waals surface area contributed by atoms with Crippen LogP contribution in [0, 0.1) is 0 Å². The van der Waals surface area contributed by atoms with Crippen LogP contribution in [-0.4, -0.2) is 46.5 Å². The third kappa shape index (κ3) is 5.29. The number of likely N-dealkylation sites (N-methyl/N-ethyl adjacent to an activating group) is 1. The normalized spacial score (nSPS) is 16.1. The molecule has 0 radical (unpaired) electrons. The summed E-state index contributed by atoms with van der Waals surface area (Å²) in [6, 6.07) is 17.4. The quantitative estimate of drug-likeness (QED) is 0.858. The van der Waals surface area contributed by atoms with E-state index in [4.69, 9.17) is 0 Å². The molecule has 6 heteroatoms. The summed E-state index contributed by atoms with van der Waals surface area (Å²) in [7, 11) is -1.19. The second-order valence-corrected chi connectivity index (χ2v) is 8.33. The largest absolute Gasteiger partial charge is 0.369 e. The number of benzene rings is 2. The van der Waals surface area contributed by atoms with Crippen LogP contribution in [0.4, 0.5) is 5.69 Å². The monoisotopic (exact) mass is 359 g/mol. The Morgan fingerprint density at radius 3 is 2.16 bits per heavy atom. The van der Waals surface area contributed by atoms with Crippen LogP contribution in [0.3, 0.4) is 0 Å². The van der Waals surface area contributed by atoms with E-state index in [1.165, 1.54) is 5.69 Å². The van der Waals surface area contributed by atoms with E-state index < -0.39 is 10.0 Å². The van der Waals surface area contributed by atoms with Gasteiger partial charge in [0.1, 0.15) is 0 Å². The lowest BCUT2D eigenvalue weighted by molar-refractivity contribution is 0.313. The summed E-state index contributed by atoms with van der Waals surface area (Å²) in [5.41, 5.74) is 2.96. The number of piperazine rings is 1. The van der Waals surface area contributed by atoms with Gasteiger partial charge in [-0.2, -0.15) is 0 Å². The molecule has 2 aromatic carbocycles. The van der Waals surface area contributed by atoms with Gasteiger partial charge in [-0.25, -0.2) is 13.1 Å². The highest BCUT2D eigenvalue weighted by atomic mass is 32.2. The zero-order valence-corrected chi connectivity index (χ0v) is 15.4. The van der Waals surface area contributed by atoms with E-state index in [1.54, 1.807) is 0 Å². The molecular weight excluding hydrogens is 334 g/mol. The van der Waals surface area contributed by atoms with Gasteiger partial charge >= 0.3 is 0 Å². The van der Waals surface area contributed by atoms with Gasteiger partial charge < -0.3 is 9.80 Å². The molecule has 1 fully saturated rings. The SMILES string of the molecule is CN1CCN(c2ccc(CNS(=O)(=O)Cc3ccccc3)cc2)CC1. The van der Waals surface area contributed by atoms with Crippen molar-refractivity contribution in [3.63, 3.8) is 0 Å². The molecule has 1 saturated heterocycles. The van der Waals surface area contributed by atoms with Gasteiger partial charge in [0.05, 0.1) is 5.75 Å². The van der Waals surface area contributed by atoms with Crippen LogP contribution in [0.5, 0.6) is 0 Å². The van der Waals surface area contributed by atoms with Crippen LogP contribution in [0.15, 0.2) is 54.6 Å².